The van der Waals surface area contributed by atoms with Crippen molar-refractivity contribution in [3.8, 4) is 0 Å². The zero-order chi connectivity index (χ0) is 15.3. The molecule has 1 aliphatic carbocycles. The number of nitrogens with zero attached hydrogens (tertiary/aromatic N) is 1. The molecule has 0 aromatic heterocycles. The van der Waals surface area contributed by atoms with Gasteiger partial charge >= 0.3 is 0 Å². The fourth-order valence-electron chi connectivity index (χ4n) is 2.67. The third-order valence-electron chi connectivity index (χ3n) is 4.11. The van der Waals surface area contributed by atoms with Gasteiger partial charge in [-0.05, 0) is 41.9 Å². The number of benzene rings is 1. The van der Waals surface area contributed by atoms with Gasteiger partial charge in [0.15, 0.2) is 0 Å². The van der Waals surface area contributed by atoms with Gasteiger partial charge in [0.1, 0.15) is 0 Å². The average Bonchev–Trinajstić information content (AvgIpc) is 2.47. The Morgan fingerprint density at radius 1 is 1.14 bits per heavy atom. The molecule has 3 heteroatoms. The topological polar surface area (TPSA) is 41.5 Å². The molecule has 0 unspecified atom stereocenters. The molecular weight excluding hydrogens is 260 g/mol. The van der Waals surface area contributed by atoms with E-state index in [4.69, 9.17) is 0 Å². The van der Waals surface area contributed by atoms with E-state index in [0.29, 0.717) is 11.5 Å². The maximum atomic E-state index is 12.0. The molecule has 0 aliphatic heterocycles. The van der Waals surface area contributed by atoms with Crippen LogP contribution in [-0.2, 0) is 5.41 Å². The molecule has 1 saturated carbocycles. The summed E-state index contributed by atoms with van der Waals surface area (Å²) in [5.41, 5.74) is 4.62. The minimum atomic E-state index is -0.137. The van der Waals surface area contributed by atoms with Crippen molar-refractivity contribution in [3.05, 3.63) is 35.4 Å². The lowest BCUT2D eigenvalue weighted by atomic mass is 9.87. The second-order valence-electron chi connectivity index (χ2n) is 6.94. The minimum absolute atomic E-state index is 0.105. The van der Waals surface area contributed by atoms with Gasteiger partial charge in [0, 0.05) is 11.8 Å². The third kappa shape index (κ3) is 4.69. The average molecular weight is 286 g/mol. The first kappa shape index (κ1) is 15.7. The summed E-state index contributed by atoms with van der Waals surface area (Å²) in [4.78, 5) is 12.0. The van der Waals surface area contributed by atoms with Crippen molar-refractivity contribution in [2.75, 3.05) is 0 Å². The first-order valence-corrected chi connectivity index (χ1v) is 7.91. The van der Waals surface area contributed by atoms with Crippen molar-refractivity contribution in [1.29, 1.82) is 0 Å². The van der Waals surface area contributed by atoms with Crippen LogP contribution < -0.4 is 5.43 Å². The number of hydrogen-bond donors (Lipinski definition) is 1. The maximum Gasteiger partial charge on any atom is 0.271 e. The number of nitrogens with one attached hydrogen (secondary N) is 1. The predicted octanol–water partition coefficient (Wildman–Crippen LogP) is 4.28. The van der Waals surface area contributed by atoms with Crippen LogP contribution in [0, 0.1) is 5.92 Å². The van der Waals surface area contributed by atoms with Crippen LogP contribution in [0.25, 0.3) is 0 Å². The first-order valence-electron chi connectivity index (χ1n) is 7.91. The van der Waals surface area contributed by atoms with Gasteiger partial charge in [-0.25, -0.2) is 5.43 Å². The van der Waals surface area contributed by atoms with Crippen LogP contribution >= 0.6 is 0 Å². The van der Waals surface area contributed by atoms with Gasteiger partial charge in [-0.1, -0.05) is 52.2 Å². The summed E-state index contributed by atoms with van der Waals surface area (Å²) >= 11 is 0. The highest BCUT2D eigenvalue weighted by Gasteiger charge is 2.14. The lowest BCUT2D eigenvalue weighted by molar-refractivity contribution is 0.0955. The molecule has 1 amide bonds. The van der Waals surface area contributed by atoms with Gasteiger partial charge in [-0.2, -0.15) is 5.10 Å². The molecule has 0 bridgehead atoms. The summed E-state index contributed by atoms with van der Waals surface area (Å²) in [7, 11) is 0. The number of amides is 1. The van der Waals surface area contributed by atoms with Crippen molar-refractivity contribution in [2.24, 2.45) is 11.0 Å². The zero-order valence-electron chi connectivity index (χ0n) is 13.4. The van der Waals surface area contributed by atoms with Crippen molar-refractivity contribution < 1.29 is 4.79 Å². The van der Waals surface area contributed by atoms with E-state index >= 15 is 0 Å². The molecule has 1 aromatic carbocycles. The Hall–Kier alpha value is -1.64. The van der Waals surface area contributed by atoms with Gasteiger partial charge in [0.2, 0.25) is 0 Å². The summed E-state index contributed by atoms with van der Waals surface area (Å²) in [5, 5.41) is 4.12. The molecule has 0 atom stereocenters. The molecule has 1 aliphatic rings. The molecule has 0 spiro atoms. The van der Waals surface area contributed by atoms with Crippen LogP contribution in [0.4, 0.5) is 0 Å². The Morgan fingerprint density at radius 2 is 1.76 bits per heavy atom. The summed E-state index contributed by atoms with van der Waals surface area (Å²) in [6, 6.07) is 7.76. The molecule has 2 rings (SSSR count). The van der Waals surface area contributed by atoms with Crippen molar-refractivity contribution in [2.45, 2.75) is 58.3 Å². The van der Waals surface area contributed by atoms with Gasteiger partial charge < -0.3 is 0 Å². The van der Waals surface area contributed by atoms with Gasteiger partial charge in [0.05, 0.1) is 0 Å². The number of carbonyl (C=O) groups is 1. The van der Waals surface area contributed by atoms with Crippen LogP contribution in [0.5, 0.6) is 0 Å². The van der Waals surface area contributed by atoms with Crippen LogP contribution in [0.1, 0.15) is 68.8 Å². The summed E-state index contributed by atoms with van der Waals surface area (Å²) in [6.07, 6.45) is 8.18. The highest BCUT2D eigenvalue weighted by atomic mass is 16.2. The molecule has 1 aromatic rings. The SMILES string of the molecule is CC(C)(C)c1ccc(C(=O)NN=CC2CCCCC2)cc1. The van der Waals surface area contributed by atoms with E-state index in [0.717, 1.165) is 0 Å². The standard InChI is InChI=1S/C18H26N2O/c1-18(2,3)16-11-9-15(10-12-16)17(21)20-19-13-14-7-5-4-6-8-14/h9-14H,4-8H2,1-3H3,(H,20,21). The van der Waals surface area contributed by atoms with E-state index in [1.54, 1.807) is 0 Å². The fourth-order valence-corrected chi connectivity index (χ4v) is 2.67. The van der Waals surface area contributed by atoms with Crippen LogP contribution in [0.3, 0.4) is 0 Å². The van der Waals surface area contributed by atoms with E-state index in [2.05, 4.69) is 31.3 Å². The smallest absolute Gasteiger partial charge is 0.267 e. The van der Waals surface area contributed by atoms with Crippen LogP contribution in [0.15, 0.2) is 29.4 Å². The Kier molecular flexibility index (Phi) is 5.16. The first-order chi connectivity index (χ1) is 9.97. The van der Waals surface area contributed by atoms with Gasteiger partial charge in [0.25, 0.3) is 5.91 Å². The molecule has 1 N–H and O–H groups in total. The summed E-state index contributed by atoms with van der Waals surface area (Å²) < 4.78 is 0. The quantitative estimate of drug-likeness (QED) is 0.654. The Labute approximate surface area is 127 Å². The number of hydrogen-bond acceptors (Lipinski definition) is 2. The van der Waals surface area contributed by atoms with Crippen molar-refractivity contribution in [3.63, 3.8) is 0 Å². The zero-order valence-corrected chi connectivity index (χ0v) is 13.4. The monoisotopic (exact) mass is 286 g/mol. The summed E-state index contributed by atoms with van der Waals surface area (Å²) in [5.74, 6) is 0.393. The molecular formula is C18H26N2O. The highest BCUT2D eigenvalue weighted by Crippen LogP contribution is 2.22. The van der Waals surface area contributed by atoms with Gasteiger partial charge in [-0.15, -0.1) is 0 Å². The Morgan fingerprint density at radius 3 is 2.33 bits per heavy atom. The largest absolute Gasteiger partial charge is 0.271 e. The summed E-state index contributed by atoms with van der Waals surface area (Å²) in [6.45, 7) is 6.49. The number of rotatable bonds is 3. The number of hydrazone groups is 1. The minimum Gasteiger partial charge on any atom is -0.267 e. The Balaban J connectivity index is 1.89. The maximum absolute atomic E-state index is 12.0. The number of carbonyl (C=O) groups excluding carboxylic acids is 1. The molecule has 114 valence electrons. The van der Waals surface area contributed by atoms with E-state index in [-0.39, 0.29) is 11.3 Å². The van der Waals surface area contributed by atoms with Crippen molar-refractivity contribution in [1.82, 2.24) is 5.43 Å². The fraction of sp³-hybridized carbons (Fsp3) is 0.556. The molecule has 21 heavy (non-hydrogen) atoms. The second-order valence-corrected chi connectivity index (χ2v) is 6.94. The van der Waals surface area contributed by atoms with Gasteiger partial charge in [-0.3, -0.25) is 4.79 Å². The van der Waals surface area contributed by atoms with Crippen LogP contribution in [0.2, 0.25) is 0 Å². The predicted molar refractivity (Wildman–Crippen MR) is 87.7 cm³/mol. The normalized spacial score (nSPS) is 17.1. The van der Waals surface area contributed by atoms with E-state index in [1.807, 2.05) is 30.5 Å². The highest BCUT2D eigenvalue weighted by molar-refractivity contribution is 5.94. The van der Waals surface area contributed by atoms with E-state index in [1.165, 1.54) is 37.7 Å². The van der Waals surface area contributed by atoms with Crippen molar-refractivity contribution >= 4 is 12.1 Å². The molecule has 0 saturated heterocycles. The van der Waals surface area contributed by atoms with E-state index < -0.39 is 0 Å². The molecule has 3 nitrogen and oxygen atoms in total. The molecule has 0 heterocycles. The molecule has 1 fully saturated rings. The Bertz CT molecular complexity index is 491. The molecule has 0 radical (unpaired) electrons. The lowest BCUT2D eigenvalue weighted by Gasteiger charge is -2.19. The second kappa shape index (κ2) is 6.88. The van der Waals surface area contributed by atoms with E-state index in [9.17, 15) is 4.79 Å². The lowest BCUT2D eigenvalue weighted by Crippen LogP contribution is -2.19. The van der Waals surface area contributed by atoms with Crippen LogP contribution in [-0.4, -0.2) is 12.1 Å². The third-order valence-corrected chi connectivity index (χ3v) is 4.11.